The number of aromatic amines is 1. The van der Waals surface area contributed by atoms with E-state index < -0.39 is 0 Å². The lowest BCUT2D eigenvalue weighted by Gasteiger charge is -2.11. The molecule has 1 fully saturated rings. The van der Waals surface area contributed by atoms with Gasteiger partial charge in [0.05, 0.1) is 6.21 Å². The standard InChI is InChI=1S/C20H22N4O2S/c1-12-5-4-6-13(2)19(12)25-11-18-22-23-20(27)24(18)21-10-15-7-8-17(26-15)16-9-14(16)3/h4-8,10,14,16H,9,11H2,1-3H3,(H,23,27)/b21-10-/t14-,16+/m1/s1. The first kappa shape index (κ1) is 17.7. The Kier molecular flexibility index (Phi) is 4.70. The summed E-state index contributed by atoms with van der Waals surface area (Å²) in [6.07, 6.45) is 2.85. The average Bonchev–Trinajstić information content (AvgIpc) is 3.03. The summed E-state index contributed by atoms with van der Waals surface area (Å²) in [7, 11) is 0. The van der Waals surface area contributed by atoms with Gasteiger partial charge in [-0.2, -0.15) is 14.9 Å². The van der Waals surface area contributed by atoms with Gasteiger partial charge in [0.25, 0.3) is 0 Å². The highest BCUT2D eigenvalue weighted by Gasteiger charge is 2.36. The second-order valence-electron chi connectivity index (χ2n) is 7.07. The van der Waals surface area contributed by atoms with Gasteiger partial charge in [0.1, 0.15) is 23.9 Å². The summed E-state index contributed by atoms with van der Waals surface area (Å²) in [6, 6.07) is 10.0. The topological polar surface area (TPSA) is 68.3 Å². The second kappa shape index (κ2) is 7.15. The minimum Gasteiger partial charge on any atom is -0.485 e. The van der Waals surface area contributed by atoms with Crippen molar-refractivity contribution in [2.75, 3.05) is 0 Å². The number of para-hydroxylation sites is 1. The van der Waals surface area contributed by atoms with Gasteiger partial charge >= 0.3 is 0 Å². The van der Waals surface area contributed by atoms with Crippen LogP contribution >= 0.6 is 12.2 Å². The molecular weight excluding hydrogens is 360 g/mol. The summed E-state index contributed by atoms with van der Waals surface area (Å²) in [6.45, 7) is 6.53. The Morgan fingerprint density at radius 1 is 1.33 bits per heavy atom. The number of rotatable bonds is 6. The van der Waals surface area contributed by atoms with Crippen molar-refractivity contribution < 1.29 is 9.15 Å². The third kappa shape index (κ3) is 3.73. The van der Waals surface area contributed by atoms with E-state index in [1.54, 1.807) is 10.9 Å². The molecule has 1 aliphatic carbocycles. The van der Waals surface area contributed by atoms with Gasteiger partial charge < -0.3 is 9.15 Å². The first-order chi connectivity index (χ1) is 13.0. The lowest BCUT2D eigenvalue weighted by Crippen LogP contribution is -2.05. The zero-order valence-corrected chi connectivity index (χ0v) is 16.4. The molecule has 6 nitrogen and oxygen atoms in total. The molecule has 1 aliphatic rings. The number of aromatic nitrogens is 3. The molecule has 1 saturated carbocycles. The maximum Gasteiger partial charge on any atom is 0.216 e. The van der Waals surface area contributed by atoms with Crippen LogP contribution in [-0.4, -0.2) is 21.1 Å². The van der Waals surface area contributed by atoms with Crippen molar-refractivity contribution in [3.8, 4) is 5.75 Å². The number of H-pyrrole nitrogens is 1. The molecule has 2 atom stereocenters. The quantitative estimate of drug-likeness (QED) is 0.494. The zero-order valence-electron chi connectivity index (χ0n) is 15.6. The molecule has 27 heavy (non-hydrogen) atoms. The number of aryl methyl sites for hydroxylation is 2. The minimum absolute atomic E-state index is 0.263. The van der Waals surface area contributed by atoms with Gasteiger partial charge in [-0.1, -0.05) is 25.1 Å². The van der Waals surface area contributed by atoms with Crippen molar-refractivity contribution in [3.05, 3.63) is 63.6 Å². The van der Waals surface area contributed by atoms with Crippen LogP contribution in [0.15, 0.2) is 39.9 Å². The normalized spacial score (nSPS) is 18.9. The van der Waals surface area contributed by atoms with Crippen molar-refractivity contribution in [2.24, 2.45) is 11.0 Å². The van der Waals surface area contributed by atoms with Gasteiger partial charge in [-0.3, -0.25) is 0 Å². The number of nitrogens with zero attached hydrogens (tertiary/aromatic N) is 3. The summed E-state index contributed by atoms with van der Waals surface area (Å²) in [5.74, 6) is 4.44. The molecule has 7 heteroatoms. The van der Waals surface area contributed by atoms with E-state index in [1.807, 2.05) is 44.2 Å². The van der Waals surface area contributed by atoms with Crippen molar-refractivity contribution in [2.45, 2.75) is 39.7 Å². The van der Waals surface area contributed by atoms with Gasteiger partial charge in [0.15, 0.2) is 5.82 Å². The maximum atomic E-state index is 5.97. The Morgan fingerprint density at radius 2 is 2.07 bits per heavy atom. The zero-order chi connectivity index (χ0) is 19.0. The number of benzene rings is 1. The molecule has 1 N–H and O–H groups in total. The number of furan rings is 1. The highest BCUT2D eigenvalue weighted by molar-refractivity contribution is 7.71. The van der Waals surface area contributed by atoms with Crippen molar-refractivity contribution in [1.29, 1.82) is 0 Å². The Labute approximate surface area is 162 Å². The predicted molar refractivity (Wildman–Crippen MR) is 106 cm³/mol. The van der Waals surface area contributed by atoms with Gasteiger partial charge in [-0.15, -0.1) is 0 Å². The smallest absolute Gasteiger partial charge is 0.216 e. The largest absolute Gasteiger partial charge is 0.485 e. The molecule has 2 heterocycles. The van der Waals surface area contributed by atoms with Crippen molar-refractivity contribution in [3.63, 3.8) is 0 Å². The van der Waals surface area contributed by atoms with E-state index in [1.165, 1.54) is 6.42 Å². The van der Waals surface area contributed by atoms with Crippen LogP contribution in [0, 0.1) is 24.5 Å². The fourth-order valence-corrected chi connectivity index (χ4v) is 3.37. The highest BCUT2D eigenvalue weighted by atomic mass is 32.1. The van der Waals surface area contributed by atoms with Gasteiger partial charge in [-0.25, -0.2) is 5.10 Å². The van der Waals surface area contributed by atoms with Crippen LogP contribution < -0.4 is 4.74 Å². The van der Waals surface area contributed by atoms with E-state index in [0.29, 0.717) is 28.2 Å². The molecule has 140 valence electrons. The van der Waals surface area contributed by atoms with Crippen LogP contribution in [0.2, 0.25) is 0 Å². The number of hydrogen-bond acceptors (Lipinski definition) is 5. The summed E-state index contributed by atoms with van der Waals surface area (Å²) < 4.78 is 13.8. The monoisotopic (exact) mass is 382 g/mol. The molecule has 0 amide bonds. The third-order valence-corrected chi connectivity index (χ3v) is 5.16. The van der Waals surface area contributed by atoms with E-state index in [2.05, 4.69) is 22.2 Å². The number of nitrogens with one attached hydrogen (secondary N) is 1. The highest BCUT2D eigenvalue weighted by Crippen LogP contribution is 2.47. The van der Waals surface area contributed by atoms with Crippen molar-refractivity contribution >= 4 is 18.4 Å². The molecule has 0 unspecified atom stereocenters. The fourth-order valence-electron chi connectivity index (χ4n) is 3.17. The summed E-state index contributed by atoms with van der Waals surface area (Å²) in [4.78, 5) is 0. The SMILES string of the molecule is Cc1cccc(C)c1OCc1n[nH]c(=S)n1/N=C\c1ccc([C@H]2C[C@H]2C)o1. The molecule has 0 radical (unpaired) electrons. The molecule has 2 aromatic heterocycles. The van der Waals surface area contributed by atoms with E-state index >= 15 is 0 Å². The van der Waals surface area contributed by atoms with Crippen LogP contribution in [-0.2, 0) is 6.61 Å². The van der Waals surface area contributed by atoms with Crippen LogP contribution in [0.4, 0.5) is 0 Å². The fraction of sp³-hybridized carbons (Fsp3) is 0.350. The van der Waals surface area contributed by atoms with Crippen LogP contribution in [0.5, 0.6) is 5.75 Å². The maximum absolute atomic E-state index is 5.97. The Balaban J connectivity index is 1.50. The summed E-state index contributed by atoms with van der Waals surface area (Å²) in [5, 5.41) is 11.4. The second-order valence-corrected chi connectivity index (χ2v) is 7.46. The Morgan fingerprint density at radius 3 is 2.78 bits per heavy atom. The van der Waals surface area contributed by atoms with Crippen LogP contribution in [0.3, 0.4) is 0 Å². The molecular formula is C20H22N4O2S. The Hall–Kier alpha value is -2.67. The Bertz CT molecular complexity index is 1030. The number of hydrogen-bond donors (Lipinski definition) is 1. The van der Waals surface area contributed by atoms with Crippen molar-refractivity contribution in [1.82, 2.24) is 14.9 Å². The number of ether oxygens (including phenoxy) is 1. The van der Waals surface area contributed by atoms with E-state index in [-0.39, 0.29) is 6.61 Å². The molecule has 3 aromatic rings. The molecule has 0 aliphatic heterocycles. The van der Waals surface area contributed by atoms with E-state index in [0.717, 1.165) is 22.6 Å². The predicted octanol–water partition coefficient (Wildman–Crippen LogP) is 4.74. The van der Waals surface area contributed by atoms with Gasteiger partial charge in [0.2, 0.25) is 4.77 Å². The summed E-state index contributed by atoms with van der Waals surface area (Å²) in [5.41, 5.74) is 2.16. The first-order valence-electron chi connectivity index (χ1n) is 9.02. The molecule has 0 spiro atoms. The van der Waals surface area contributed by atoms with Gasteiger partial charge in [-0.05, 0) is 61.7 Å². The average molecular weight is 382 g/mol. The lowest BCUT2D eigenvalue weighted by molar-refractivity contribution is 0.287. The molecule has 4 rings (SSSR count). The third-order valence-electron chi connectivity index (χ3n) is 4.89. The van der Waals surface area contributed by atoms with E-state index in [4.69, 9.17) is 21.4 Å². The minimum atomic E-state index is 0.263. The van der Waals surface area contributed by atoms with Crippen LogP contribution in [0.25, 0.3) is 0 Å². The molecule has 0 bridgehead atoms. The molecule has 0 saturated heterocycles. The first-order valence-corrected chi connectivity index (χ1v) is 9.43. The summed E-state index contributed by atoms with van der Waals surface area (Å²) >= 11 is 5.29. The van der Waals surface area contributed by atoms with Gasteiger partial charge in [0, 0.05) is 5.92 Å². The van der Waals surface area contributed by atoms with E-state index in [9.17, 15) is 0 Å². The van der Waals surface area contributed by atoms with Crippen LogP contribution in [0.1, 0.15) is 47.7 Å². The molecule has 1 aromatic carbocycles. The lowest BCUT2D eigenvalue weighted by atomic mass is 10.1.